The minimum Gasteiger partial charge on any atom is -0.465 e. The number of carboxylic acid groups (broad SMARTS) is 1. The van der Waals surface area contributed by atoms with Crippen LogP contribution in [-0.2, 0) is 14.3 Å². The quantitative estimate of drug-likeness (QED) is 0.230. The number of carbonyl (C=O) groups is 4. The Hall–Kier alpha value is -2.76. The second kappa shape index (κ2) is 14.4. The molecule has 0 aliphatic heterocycles. The molecule has 1 unspecified atom stereocenters. The lowest BCUT2D eigenvalue weighted by atomic mass is 10.1. The molecular formula is C21H41N5O7. The fourth-order valence-electron chi connectivity index (χ4n) is 2.57. The van der Waals surface area contributed by atoms with Crippen molar-refractivity contribution in [3.05, 3.63) is 0 Å². The lowest BCUT2D eigenvalue weighted by molar-refractivity contribution is -0.121. The molecule has 0 aliphatic rings. The molecule has 0 spiro atoms. The third kappa shape index (κ3) is 19.6. The highest BCUT2D eigenvalue weighted by molar-refractivity contribution is 5.76. The van der Waals surface area contributed by atoms with Gasteiger partial charge in [-0.25, -0.2) is 14.4 Å². The minimum atomic E-state index is -1.15. The van der Waals surface area contributed by atoms with Crippen LogP contribution in [-0.4, -0.2) is 72.2 Å². The van der Waals surface area contributed by atoms with E-state index in [0.29, 0.717) is 25.8 Å². The molecule has 0 saturated carbocycles. The number of amides is 4. The molecule has 192 valence electrons. The van der Waals surface area contributed by atoms with E-state index in [9.17, 15) is 19.2 Å². The summed E-state index contributed by atoms with van der Waals surface area (Å²) in [4.78, 5) is 46.5. The van der Waals surface area contributed by atoms with Crippen molar-refractivity contribution in [2.75, 3.05) is 19.6 Å². The third-order valence-electron chi connectivity index (χ3n) is 3.90. The van der Waals surface area contributed by atoms with Gasteiger partial charge in [0.1, 0.15) is 11.2 Å². The molecule has 0 rings (SSSR count). The Morgan fingerprint density at radius 1 is 0.848 bits per heavy atom. The Labute approximate surface area is 195 Å². The van der Waals surface area contributed by atoms with Crippen molar-refractivity contribution in [2.24, 2.45) is 5.73 Å². The van der Waals surface area contributed by atoms with Crippen LogP contribution in [0.15, 0.2) is 0 Å². The van der Waals surface area contributed by atoms with Gasteiger partial charge in [0.2, 0.25) is 5.91 Å². The van der Waals surface area contributed by atoms with Gasteiger partial charge >= 0.3 is 18.3 Å². The average molecular weight is 476 g/mol. The molecule has 0 heterocycles. The standard InChI is InChI=1S/C21H41N5O7/c1-20(2,3)32-18(30)24-10-7-8-15(26-19(31)33-21(4,5)6)13-25-16(27)12-14(22)9-11-23-17(28)29/h14-15,23H,7-13,22H2,1-6H3,(H,24,30)(H,25,27)(H,26,31)(H,28,29)/t14?,15-/m0/s1. The highest BCUT2D eigenvalue weighted by atomic mass is 16.6. The van der Waals surface area contributed by atoms with Crippen LogP contribution in [0.2, 0.25) is 0 Å². The van der Waals surface area contributed by atoms with Gasteiger partial charge in [-0.15, -0.1) is 0 Å². The summed E-state index contributed by atoms with van der Waals surface area (Å²) < 4.78 is 10.5. The Balaban J connectivity index is 4.61. The van der Waals surface area contributed by atoms with Crippen molar-refractivity contribution in [1.29, 1.82) is 0 Å². The fraction of sp³-hybridized carbons (Fsp3) is 0.810. The molecule has 12 heteroatoms. The van der Waals surface area contributed by atoms with Gasteiger partial charge in [0.25, 0.3) is 0 Å². The minimum absolute atomic E-state index is 0.0145. The molecule has 0 bridgehead atoms. The first-order valence-electron chi connectivity index (χ1n) is 11.0. The maximum Gasteiger partial charge on any atom is 0.407 e. The molecule has 33 heavy (non-hydrogen) atoms. The average Bonchev–Trinajstić information content (AvgIpc) is 2.59. The summed E-state index contributed by atoms with van der Waals surface area (Å²) in [6.45, 7) is 11.2. The lowest BCUT2D eigenvalue weighted by Gasteiger charge is -2.24. The van der Waals surface area contributed by atoms with E-state index < -0.39 is 41.6 Å². The zero-order valence-corrected chi connectivity index (χ0v) is 20.6. The Bertz CT molecular complexity index is 644. The van der Waals surface area contributed by atoms with Crippen LogP contribution in [0, 0.1) is 0 Å². The van der Waals surface area contributed by atoms with Crippen LogP contribution in [0.3, 0.4) is 0 Å². The van der Waals surface area contributed by atoms with E-state index in [1.807, 2.05) is 0 Å². The number of nitrogens with two attached hydrogens (primary N) is 1. The maximum absolute atomic E-state index is 12.2. The van der Waals surface area contributed by atoms with Crippen molar-refractivity contribution in [3.63, 3.8) is 0 Å². The molecule has 0 saturated heterocycles. The number of hydrogen-bond acceptors (Lipinski definition) is 7. The summed E-state index contributed by atoms with van der Waals surface area (Å²) in [6, 6.07) is -0.943. The molecule has 2 atom stereocenters. The number of alkyl carbamates (subject to hydrolysis) is 2. The van der Waals surface area contributed by atoms with E-state index in [2.05, 4.69) is 21.3 Å². The van der Waals surface area contributed by atoms with Crippen LogP contribution in [0.4, 0.5) is 14.4 Å². The smallest absolute Gasteiger partial charge is 0.407 e. The first kappa shape index (κ1) is 30.2. The summed E-state index contributed by atoms with van der Waals surface area (Å²) in [7, 11) is 0. The first-order valence-corrected chi connectivity index (χ1v) is 11.0. The molecule has 0 radical (unpaired) electrons. The summed E-state index contributed by atoms with van der Waals surface area (Å²) >= 11 is 0. The van der Waals surface area contributed by atoms with E-state index in [4.69, 9.17) is 20.3 Å². The maximum atomic E-state index is 12.2. The van der Waals surface area contributed by atoms with Gasteiger partial charge in [-0.2, -0.15) is 0 Å². The molecule has 7 N–H and O–H groups in total. The first-order chi connectivity index (χ1) is 15.1. The van der Waals surface area contributed by atoms with Gasteiger partial charge in [-0.3, -0.25) is 4.79 Å². The second-order valence-corrected chi connectivity index (χ2v) is 9.70. The summed E-state index contributed by atoms with van der Waals surface area (Å²) in [6.07, 6.45) is -0.975. The van der Waals surface area contributed by atoms with Gasteiger partial charge in [-0.1, -0.05) is 0 Å². The third-order valence-corrected chi connectivity index (χ3v) is 3.90. The largest absolute Gasteiger partial charge is 0.465 e. The number of ether oxygens (including phenoxy) is 2. The zero-order valence-electron chi connectivity index (χ0n) is 20.6. The normalized spacial score (nSPS) is 13.3. The number of nitrogens with one attached hydrogen (secondary N) is 4. The topological polar surface area (TPSA) is 181 Å². The van der Waals surface area contributed by atoms with E-state index >= 15 is 0 Å². The number of carbonyl (C=O) groups excluding carboxylic acids is 3. The molecule has 12 nitrogen and oxygen atoms in total. The second-order valence-electron chi connectivity index (χ2n) is 9.70. The van der Waals surface area contributed by atoms with E-state index in [1.54, 1.807) is 41.5 Å². The molecule has 0 aromatic rings. The van der Waals surface area contributed by atoms with Crippen molar-refractivity contribution in [2.45, 2.75) is 90.5 Å². The highest BCUT2D eigenvalue weighted by Gasteiger charge is 2.21. The van der Waals surface area contributed by atoms with Crippen LogP contribution in [0.1, 0.15) is 67.2 Å². The van der Waals surface area contributed by atoms with Crippen LogP contribution < -0.4 is 27.0 Å². The lowest BCUT2D eigenvalue weighted by Crippen LogP contribution is -2.46. The highest BCUT2D eigenvalue weighted by Crippen LogP contribution is 2.08. The summed E-state index contributed by atoms with van der Waals surface area (Å²) in [5.41, 5.74) is 4.58. The molecule has 4 amide bonds. The Kier molecular flexibility index (Phi) is 13.2. The zero-order chi connectivity index (χ0) is 25.7. The van der Waals surface area contributed by atoms with Gasteiger partial charge in [0.15, 0.2) is 0 Å². The molecule has 0 fully saturated rings. The van der Waals surface area contributed by atoms with Crippen LogP contribution in [0.5, 0.6) is 0 Å². The Morgan fingerprint density at radius 2 is 1.42 bits per heavy atom. The van der Waals surface area contributed by atoms with Gasteiger partial charge < -0.3 is 41.6 Å². The van der Waals surface area contributed by atoms with E-state index in [1.165, 1.54) is 0 Å². The monoisotopic (exact) mass is 475 g/mol. The van der Waals surface area contributed by atoms with Crippen LogP contribution in [0.25, 0.3) is 0 Å². The number of hydrogen-bond donors (Lipinski definition) is 6. The SMILES string of the molecule is CC(C)(C)OC(=O)NCCC[C@@H](CNC(=O)CC(N)CCNC(=O)O)NC(=O)OC(C)(C)C. The van der Waals surface area contributed by atoms with E-state index in [0.717, 1.165) is 0 Å². The molecule has 0 aromatic heterocycles. The van der Waals surface area contributed by atoms with E-state index in [-0.39, 0.29) is 25.4 Å². The predicted octanol–water partition coefficient (Wildman–Crippen LogP) is 1.68. The summed E-state index contributed by atoms with van der Waals surface area (Å²) in [5, 5.41) is 18.9. The molecule has 0 aliphatic carbocycles. The van der Waals surface area contributed by atoms with Crippen molar-refractivity contribution >= 4 is 24.2 Å². The number of rotatable bonds is 12. The van der Waals surface area contributed by atoms with Crippen LogP contribution >= 0.6 is 0 Å². The van der Waals surface area contributed by atoms with Crippen molar-refractivity contribution < 1.29 is 33.8 Å². The Morgan fingerprint density at radius 3 is 1.97 bits per heavy atom. The van der Waals surface area contributed by atoms with Crippen molar-refractivity contribution in [1.82, 2.24) is 21.3 Å². The van der Waals surface area contributed by atoms with Gasteiger partial charge in [0.05, 0.1) is 0 Å². The summed E-state index contributed by atoms with van der Waals surface area (Å²) in [5.74, 6) is -0.319. The predicted molar refractivity (Wildman–Crippen MR) is 123 cm³/mol. The fourth-order valence-corrected chi connectivity index (χ4v) is 2.57. The van der Waals surface area contributed by atoms with Crippen molar-refractivity contribution in [3.8, 4) is 0 Å². The molecule has 0 aromatic carbocycles. The molecular weight excluding hydrogens is 434 g/mol. The van der Waals surface area contributed by atoms with Gasteiger partial charge in [-0.05, 0) is 60.8 Å². The van der Waals surface area contributed by atoms with Gasteiger partial charge in [0, 0.05) is 38.1 Å².